The third-order valence-corrected chi connectivity index (χ3v) is 1.64. The molecule has 0 spiro atoms. The van der Waals surface area contributed by atoms with Crippen molar-refractivity contribution < 1.29 is 14.4 Å². The van der Waals surface area contributed by atoms with Crippen molar-refractivity contribution in [3.05, 3.63) is 12.2 Å². The molecule has 1 amide bonds. The summed E-state index contributed by atoms with van der Waals surface area (Å²) < 4.78 is 0.160. The summed E-state index contributed by atoms with van der Waals surface area (Å²) in [7, 11) is 3.54. The molecule has 1 N–H and O–H groups in total. The van der Waals surface area contributed by atoms with Gasteiger partial charge in [-0.05, 0) is 13.8 Å². The van der Waals surface area contributed by atoms with E-state index < -0.39 is 6.10 Å². The molecule has 0 aromatic heterocycles. The Bertz CT molecular complexity index is 195. The highest BCUT2D eigenvalue weighted by Crippen LogP contribution is 2.06. The van der Waals surface area contributed by atoms with Crippen molar-refractivity contribution >= 4 is 5.91 Å². The molecule has 1 atom stereocenters. The lowest BCUT2D eigenvalue weighted by molar-refractivity contribution is -0.815. The van der Waals surface area contributed by atoms with E-state index in [0.717, 1.165) is 0 Å². The van der Waals surface area contributed by atoms with Gasteiger partial charge in [0.2, 0.25) is 0 Å². The number of likely N-dealkylation sites (N-methyl/N-ethyl adjacent to an activating group) is 1. The monoisotopic (exact) mass is 172 g/mol. The Balaban J connectivity index is 4.39. The number of aliphatic hydroxyl groups is 1. The lowest BCUT2D eigenvalue weighted by Crippen LogP contribution is -2.49. The molecule has 12 heavy (non-hydrogen) atoms. The fourth-order valence-corrected chi connectivity index (χ4v) is 1.26. The topological polar surface area (TPSA) is 37.3 Å². The van der Waals surface area contributed by atoms with E-state index in [1.807, 2.05) is 0 Å². The number of hydrogen-bond acceptors (Lipinski definition) is 2. The molecule has 0 aromatic carbocycles. The maximum absolute atomic E-state index is 11.5. The summed E-state index contributed by atoms with van der Waals surface area (Å²) in [5.74, 6) is -0.0316. The molecule has 70 valence electrons. The highest BCUT2D eigenvalue weighted by molar-refractivity contribution is 5.86. The van der Waals surface area contributed by atoms with Crippen LogP contribution in [0, 0.1) is 0 Å². The van der Waals surface area contributed by atoms with E-state index in [9.17, 15) is 4.79 Å². The second-order valence-corrected chi connectivity index (χ2v) is 3.80. The van der Waals surface area contributed by atoms with Gasteiger partial charge in [0.15, 0.2) is 0 Å². The lowest BCUT2D eigenvalue weighted by atomic mass is 10.2. The number of aliphatic hydroxyl groups excluding tert-OH is 1. The van der Waals surface area contributed by atoms with Crippen molar-refractivity contribution in [3.8, 4) is 0 Å². The second kappa shape index (κ2) is 3.83. The number of quaternary nitrogens is 1. The Morgan fingerprint density at radius 3 is 2.25 bits per heavy atom. The van der Waals surface area contributed by atoms with Crippen LogP contribution in [-0.2, 0) is 4.79 Å². The molecule has 0 bridgehead atoms. The first-order valence-electron chi connectivity index (χ1n) is 3.99. The van der Waals surface area contributed by atoms with Crippen LogP contribution in [0.25, 0.3) is 0 Å². The minimum absolute atomic E-state index is 0.0316. The van der Waals surface area contributed by atoms with Crippen LogP contribution >= 0.6 is 0 Å². The third-order valence-electron chi connectivity index (χ3n) is 1.64. The van der Waals surface area contributed by atoms with Gasteiger partial charge >= 0.3 is 5.91 Å². The first-order chi connectivity index (χ1) is 5.27. The van der Waals surface area contributed by atoms with E-state index >= 15 is 0 Å². The molecule has 0 fully saturated rings. The van der Waals surface area contributed by atoms with Gasteiger partial charge in [0.25, 0.3) is 0 Å². The molecular weight excluding hydrogens is 154 g/mol. The molecule has 0 rings (SSSR count). The van der Waals surface area contributed by atoms with Crippen LogP contribution in [0.4, 0.5) is 0 Å². The van der Waals surface area contributed by atoms with E-state index in [1.54, 1.807) is 27.9 Å². The van der Waals surface area contributed by atoms with Crippen LogP contribution in [0.2, 0.25) is 0 Å². The average Bonchev–Trinajstić information content (AvgIpc) is 1.82. The molecule has 0 saturated carbocycles. The fraction of sp³-hybridized carbons (Fsp3) is 0.667. The lowest BCUT2D eigenvalue weighted by Gasteiger charge is -2.27. The van der Waals surface area contributed by atoms with Crippen LogP contribution in [0.15, 0.2) is 12.2 Å². The average molecular weight is 172 g/mol. The third kappa shape index (κ3) is 3.15. The number of hydrogen-bond donors (Lipinski definition) is 1. The first-order valence-corrected chi connectivity index (χ1v) is 3.99. The van der Waals surface area contributed by atoms with Gasteiger partial charge in [-0.2, -0.15) is 0 Å². The zero-order chi connectivity index (χ0) is 9.94. The minimum Gasteiger partial charge on any atom is -0.388 e. The largest absolute Gasteiger partial charge is 0.388 e. The van der Waals surface area contributed by atoms with Crippen molar-refractivity contribution in [1.29, 1.82) is 0 Å². The summed E-state index contributed by atoms with van der Waals surface area (Å²) in [5.41, 5.74) is 0.528. The highest BCUT2D eigenvalue weighted by Gasteiger charge is 2.28. The van der Waals surface area contributed by atoms with Crippen LogP contribution in [0.1, 0.15) is 13.8 Å². The quantitative estimate of drug-likeness (QED) is 0.498. The van der Waals surface area contributed by atoms with Gasteiger partial charge in [0.05, 0.1) is 14.1 Å². The van der Waals surface area contributed by atoms with Crippen LogP contribution in [-0.4, -0.2) is 42.2 Å². The predicted molar refractivity (Wildman–Crippen MR) is 48.5 cm³/mol. The Hall–Kier alpha value is -0.670. The van der Waals surface area contributed by atoms with Crippen LogP contribution in [0.3, 0.4) is 0 Å². The molecule has 0 aliphatic heterocycles. The SMILES string of the molecule is C=C(C)C(=O)[N+](C)(C)CC(C)O. The maximum Gasteiger partial charge on any atom is 0.340 e. The van der Waals surface area contributed by atoms with Gasteiger partial charge in [0, 0.05) is 5.57 Å². The van der Waals surface area contributed by atoms with Crippen molar-refractivity contribution in [1.82, 2.24) is 0 Å². The van der Waals surface area contributed by atoms with Crippen molar-refractivity contribution in [2.45, 2.75) is 20.0 Å². The zero-order valence-electron chi connectivity index (χ0n) is 8.29. The number of rotatable bonds is 3. The number of carbonyl (C=O) groups excluding carboxylic acids is 1. The maximum atomic E-state index is 11.5. The Labute approximate surface area is 73.9 Å². The van der Waals surface area contributed by atoms with Gasteiger partial charge in [-0.15, -0.1) is 0 Å². The fourth-order valence-electron chi connectivity index (χ4n) is 1.26. The van der Waals surface area contributed by atoms with Crippen molar-refractivity contribution in [3.63, 3.8) is 0 Å². The van der Waals surface area contributed by atoms with E-state index in [4.69, 9.17) is 5.11 Å². The standard InChI is InChI=1S/C9H18NO2/c1-7(2)9(12)10(4,5)6-8(3)11/h8,11H,1,6H2,2-5H3/q+1. The molecule has 0 radical (unpaired) electrons. The van der Waals surface area contributed by atoms with E-state index in [1.165, 1.54) is 0 Å². The molecule has 0 heterocycles. The van der Waals surface area contributed by atoms with Crippen molar-refractivity contribution in [2.75, 3.05) is 20.6 Å². The summed E-state index contributed by atoms with van der Waals surface area (Å²) in [5, 5.41) is 9.12. The normalized spacial score (nSPS) is 14.1. The number of carbonyl (C=O) groups is 1. The summed E-state index contributed by atoms with van der Waals surface area (Å²) >= 11 is 0. The highest BCUT2D eigenvalue weighted by atomic mass is 16.3. The van der Waals surface area contributed by atoms with Gasteiger partial charge in [0.1, 0.15) is 12.6 Å². The molecule has 0 aromatic rings. The molecule has 0 aliphatic rings. The van der Waals surface area contributed by atoms with Gasteiger partial charge in [-0.3, -0.25) is 4.48 Å². The van der Waals surface area contributed by atoms with Crippen LogP contribution < -0.4 is 0 Å². The molecular formula is C9H18NO2+. The Kier molecular flexibility index (Phi) is 3.61. The molecule has 1 unspecified atom stereocenters. The summed E-state index contributed by atoms with van der Waals surface area (Å²) in [6.07, 6.45) is -0.469. The molecule has 0 saturated heterocycles. The van der Waals surface area contributed by atoms with E-state index in [-0.39, 0.29) is 10.4 Å². The second-order valence-electron chi connectivity index (χ2n) is 3.80. The minimum atomic E-state index is -0.469. The van der Waals surface area contributed by atoms with E-state index in [2.05, 4.69) is 6.58 Å². The van der Waals surface area contributed by atoms with Gasteiger partial charge in [-0.25, -0.2) is 4.79 Å². The Morgan fingerprint density at radius 2 is 2.00 bits per heavy atom. The van der Waals surface area contributed by atoms with Crippen LogP contribution in [0.5, 0.6) is 0 Å². The summed E-state index contributed by atoms with van der Waals surface area (Å²) in [4.78, 5) is 11.5. The smallest absolute Gasteiger partial charge is 0.340 e. The predicted octanol–water partition coefficient (Wildman–Crippen LogP) is 0.546. The zero-order valence-corrected chi connectivity index (χ0v) is 8.29. The number of nitrogens with zero attached hydrogens (tertiary/aromatic N) is 1. The first kappa shape index (κ1) is 11.3. The molecule has 3 heteroatoms. The molecule has 0 aliphatic carbocycles. The number of amides is 1. The summed E-state index contributed by atoms with van der Waals surface area (Å²) in [6, 6.07) is 0. The summed E-state index contributed by atoms with van der Waals surface area (Å²) in [6.45, 7) is 7.36. The van der Waals surface area contributed by atoms with Gasteiger partial charge in [-0.1, -0.05) is 6.58 Å². The van der Waals surface area contributed by atoms with Crippen molar-refractivity contribution in [2.24, 2.45) is 0 Å². The molecule has 3 nitrogen and oxygen atoms in total. The Morgan fingerprint density at radius 1 is 1.58 bits per heavy atom. The van der Waals surface area contributed by atoms with E-state index in [0.29, 0.717) is 12.1 Å². The van der Waals surface area contributed by atoms with Gasteiger partial charge < -0.3 is 5.11 Å².